The third-order valence-electron chi connectivity index (χ3n) is 5.43. The summed E-state index contributed by atoms with van der Waals surface area (Å²) in [6.07, 6.45) is 3.25. The van der Waals surface area contributed by atoms with Crippen LogP contribution in [0.2, 0.25) is 0 Å². The van der Waals surface area contributed by atoms with Crippen molar-refractivity contribution in [3.05, 3.63) is 99.8 Å². The van der Waals surface area contributed by atoms with Crippen LogP contribution in [0.4, 0.5) is 5.69 Å². The molecule has 1 aromatic heterocycles. The van der Waals surface area contributed by atoms with Gasteiger partial charge in [-0.25, -0.2) is 0 Å². The van der Waals surface area contributed by atoms with E-state index >= 15 is 0 Å². The smallest absolute Gasteiger partial charge is 0.310 e. The number of hydrogen-bond acceptors (Lipinski definition) is 6. The number of Topliss-reactive ketones (excluding diaryl/α,β-unsaturated/α-hetero) is 1. The summed E-state index contributed by atoms with van der Waals surface area (Å²) in [6.45, 7) is 2.04. The molecule has 1 aliphatic rings. The zero-order valence-electron chi connectivity index (χ0n) is 18.3. The second kappa shape index (κ2) is 10.0. The van der Waals surface area contributed by atoms with Crippen LogP contribution < -0.4 is 4.90 Å². The van der Waals surface area contributed by atoms with Crippen LogP contribution in [0.15, 0.2) is 83.1 Å². The summed E-state index contributed by atoms with van der Waals surface area (Å²) in [4.78, 5) is 43.6. The minimum absolute atomic E-state index is 0.0177. The van der Waals surface area contributed by atoms with Crippen LogP contribution >= 0.6 is 15.9 Å². The van der Waals surface area contributed by atoms with Gasteiger partial charge in [-0.2, -0.15) is 0 Å². The van der Waals surface area contributed by atoms with Gasteiger partial charge in [0.05, 0.1) is 24.6 Å². The maximum atomic E-state index is 13.2. The number of esters is 1. The number of carbonyl (C=O) groups is 3. The summed E-state index contributed by atoms with van der Waals surface area (Å²) in [5.41, 5.74) is 2.15. The molecule has 0 radical (unpaired) electrons. The summed E-state index contributed by atoms with van der Waals surface area (Å²) in [5, 5.41) is 11.1. The van der Waals surface area contributed by atoms with E-state index in [0.717, 1.165) is 4.47 Å². The zero-order valence-corrected chi connectivity index (χ0v) is 19.9. The van der Waals surface area contributed by atoms with E-state index < -0.39 is 17.7 Å². The number of aliphatic hydroxyl groups excluding tert-OH is 1. The van der Waals surface area contributed by atoms with Crippen molar-refractivity contribution in [3.63, 3.8) is 0 Å². The molecule has 1 amide bonds. The predicted octanol–water partition coefficient (Wildman–Crippen LogP) is 4.58. The zero-order chi connectivity index (χ0) is 24.2. The fraction of sp³-hybridized carbons (Fsp3) is 0.154. The highest BCUT2D eigenvalue weighted by Gasteiger charge is 2.47. The third-order valence-corrected chi connectivity index (χ3v) is 5.96. The molecule has 1 fully saturated rings. The molecule has 34 heavy (non-hydrogen) atoms. The number of anilines is 1. The molecule has 7 nitrogen and oxygen atoms in total. The normalized spacial score (nSPS) is 17.1. The molecule has 3 aromatic rings. The summed E-state index contributed by atoms with van der Waals surface area (Å²) >= 11 is 3.35. The SMILES string of the molecule is CCOC(=O)Cc1ccc(N2C(=O)C(=O)/C(=C(\O)c3ccc(Br)cc3)C2c2cccnc2)cc1. The van der Waals surface area contributed by atoms with E-state index in [0.29, 0.717) is 29.0 Å². The van der Waals surface area contributed by atoms with Crippen LogP contribution in [0.5, 0.6) is 0 Å². The van der Waals surface area contributed by atoms with Crippen LogP contribution in [-0.4, -0.2) is 34.4 Å². The molecule has 1 atom stereocenters. The Hall–Kier alpha value is -3.78. The Balaban J connectivity index is 1.78. The minimum Gasteiger partial charge on any atom is -0.507 e. The van der Waals surface area contributed by atoms with E-state index in [1.54, 1.807) is 80.0 Å². The molecular weight excluding hydrogens is 500 g/mol. The van der Waals surface area contributed by atoms with Crippen molar-refractivity contribution < 1.29 is 24.2 Å². The number of ether oxygens (including phenoxy) is 1. The fourth-order valence-electron chi connectivity index (χ4n) is 3.87. The standard InChI is InChI=1S/C26H21BrN2O5/c1-2-34-21(30)14-16-5-11-20(12-6-16)29-23(18-4-3-13-28-15-18)22(25(32)26(29)33)24(31)17-7-9-19(27)10-8-17/h3-13,15,23,31H,2,14H2,1H3/b24-22-. The number of amides is 1. The summed E-state index contributed by atoms with van der Waals surface area (Å²) < 4.78 is 5.80. The Bertz CT molecular complexity index is 1250. The van der Waals surface area contributed by atoms with Gasteiger partial charge in [-0.1, -0.05) is 46.3 Å². The molecule has 0 aliphatic carbocycles. The molecule has 1 aliphatic heterocycles. The quantitative estimate of drug-likeness (QED) is 0.221. The first-order valence-corrected chi connectivity index (χ1v) is 11.4. The molecule has 172 valence electrons. The lowest BCUT2D eigenvalue weighted by atomic mass is 9.96. The van der Waals surface area contributed by atoms with Crippen molar-refractivity contribution in [2.75, 3.05) is 11.5 Å². The van der Waals surface area contributed by atoms with Crippen LogP contribution in [0.25, 0.3) is 5.76 Å². The summed E-state index contributed by atoms with van der Waals surface area (Å²) in [5.74, 6) is -2.16. The fourth-order valence-corrected chi connectivity index (χ4v) is 4.13. The van der Waals surface area contributed by atoms with Gasteiger partial charge in [0.2, 0.25) is 0 Å². The van der Waals surface area contributed by atoms with Crippen molar-refractivity contribution >= 4 is 45.0 Å². The number of benzene rings is 2. The monoisotopic (exact) mass is 520 g/mol. The van der Waals surface area contributed by atoms with E-state index in [4.69, 9.17) is 4.74 Å². The van der Waals surface area contributed by atoms with Gasteiger partial charge >= 0.3 is 5.97 Å². The molecule has 1 unspecified atom stereocenters. The Morgan fingerprint density at radius 3 is 2.41 bits per heavy atom. The van der Waals surface area contributed by atoms with Gasteiger partial charge in [0, 0.05) is 28.1 Å². The van der Waals surface area contributed by atoms with Gasteiger partial charge in [-0.3, -0.25) is 24.3 Å². The number of halogens is 1. The number of rotatable bonds is 6. The van der Waals surface area contributed by atoms with Gasteiger partial charge in [0.1, 0.15) is 5.76 Å². The van der Waals surface area contributed by atoms with Gasteiger partial charge in [-0.15, -0.1) is 0 Å². The van der Waals surface area contributed by atoms with Crippen molar-refractivity contribution in [1.82, 2.24) is 4.98 Å². The molecule has 2 aromatic carbocycles. The lowest BCUT2D eigenvalue weighted by Crippen LogP contribution is -2.29. The molecule has 0 saturated carbocycles. The predicted molar refractivity (Wildman–Crippen MR) is 130 cm³/mol. The molecule has 1 N–H and O–H groups in total. The first-order valence-electron chi connectivity index (χ1n) is 10.6. The largest absolute Gasteiger partial charge is 0.507 e. The van der Waals surface area contributed by atoms with E-state index in [9.17, 15) is 19.5 Å². The number of nitrogens with zero attached hydrogens (tertiary/aromatic N) is 2. The maximum absolute atomic E-state index is 13.2. The highest BCUT2D eigenvalue weighted by Crippen LogP contribution is 2.42. The maximum Gasteiger partial charge on any atom is 0.310 e. The van der Waals surface area contributed by atoms with Crippen molar-refractivity contribution in [1.29, 1.82) is 0 Å². The van der Waals surface area contributed by atoms with E-state index in [1.807, 2.05) is 0 Å². The number of hydrogen-bond donors (Lipinski definition) is 1. The van der Waals surface area contributed by atoms with Crippen LogP contribution in [-0.2, 0) is 25.5 Å². The summed E-state index contributed by atoms with van der Waals surface area (Å²) in [6, 6.07) is 16.2. The number of carbonyl (C=O) groups excluding carboxylic acids is 3. The number of ketones is 1. The van der Waals surface area contributed by atoms with Crippen LogP contribution in [0, 0.1) is 0 Å². The van der Waals surface area contributed by atoms with Crippen LogP contribution in [0.1, 0.15) is 29.7 Å². The van der Waals surface area contributed by atoms with Crippen molar-refractivity contribution in [2.45, 2.75) is 19.4 Å². The third kappa shape index (κ3) is 4.63. The van der Waals surface area contributed by atoms with E-state index in [2.05, 4.69) is 20.9 Å². The van der Waals surface area contributed by atoms with Crippen molar-refractivity contribution in [3.8, 4) is 0 Å². The lowest BCUT2D eigenvalue weighted by molar-refractivity contribution is -0.142. The lowest BCUT2D eigenvalue weighted by Gasteiger charge is -2.25. The Kier molecular flexibility index (Phi) is 6.88. The minimum atomic E-state index is -0.867. The first kappa shape index (κ1) is 23.4. The average molecular weight is 521 g/mol. The van der Waals surface area contributed by atoms with E-state index in [-0.39, 0.29) is 23.7 Å². The Labute approximate surface area is 204 Å². The second-order valence-electron chi connectivity index (χ2n) is 7.61. The average Bonchev–Trinajstić information content (AvgIpc) is 3.11. The molecule has 8 heteroatoms. The highest BCUT2D eigenvalue weighted by atomic mass is 79.9. The molecule has 0 bridgehead atoms. The number of aliphatic hydroxyl groups is 1. The molecule has 1 saturated heterocycles. The molecule has 0 spiro atoms. The van der Waals surface area contributed by atoms with Gasteiger partial charge in [0.25, 0.3) is 11.7 Å². The van der Waals surface area contributed by atoms with Gasteiger partial charge in [0.15, 0.2) is 0 Å². The summed E-state index contributed by atoms with van der Waals surface area (Å²) in [7, 11) is 0. The Morgan fingerprint density at radius 2 is 1.79 bits per heavy atom. The highest BCUT2D eigenvalue weighted by molar-refractivity contribution is 9.10. The Morgan fingerprint density at radius 1 is 1.09 bits per heavy atom. The molecule has 2 heterocycles. The van der Waals surface area contributed by atoms with Gasteiger partial charge in [-0.05, 0) is 48.4 Å². The topological polar surface area (TPSA) is 96.8 Å². The van der Waals surface area contributed by atoms with Crippen molar-refractivity contribution in [2.24, 2.45) is 0 Å². The number of pyridine rings is 1. The van der Waals surface area contributed by atoms with Crippen LogP contribution in [0.3, 0.4) is 0 Å². The van der Waals surface area contributed by atoms with E-state index in [1.165, 1.54) is 4.90 Å². The second-order valence-corrected chi connectivity index (χ2v) is 8.53. The van der Waals surface area contributed by atoms with Gasteiger partial charge < -0.3 is 9.84 Å². The first-order chi connectivity index (χ1) is 16.4. The molecular formula is C26H21BrN2O5. The number of aromatic nitrogens is 1. The molecule has 4 rings (SSSR count).